The Morgan fingerprint density at radius 2 is 1.88 bits per heavy atom. The number of carbonyl (C=O) groups is 1. The van der Waals surface area contributed by atoms with Gasteiger partial charge in [0.2, 0.25) is 0 Å². The molecule has 0 radical (unpaired) electrons. The highest BCUT2D eigenvalue weighted by atomic mass is 16.2. The predicted octanol–water partition coefficient (Wildman–Crippen LogP) is 0.700. The summed E-state index contributed by atoms with van der Waals surface area (Å²) in [6, 6.07) is 13.4. The average molecular weight is 229 g/mol. The van der Waals surface area contributed by atoms with Crippen LogP contribution in [0.1, 0.15) is 5.56 Å². The second-order valence-corrected chi connectivity index (χ2v) is 3.96. The van der Waals surface area contributed by atoms with Crippen LogP contribution < -0.4 is 17.0 Å². The molecule has 4 nitrogen and oxygen atoms in total. The molecule has 0 aliphatic heterocycles. The molecule has 2 aromatic carbocycles. The van der Waals surface area contributed by atoms with Gasteiger partial charge in [0.15, 0.2) is 0 Å². The molecule has 0 aliphatic rings. The normalized spacial score (nSPS) is 12.4. The molecule has 0 spiro atoms. The summed E-state index contributed by atoms with van der Waals surface area (Å²) in [6.07, 6.45) is 0.477. The van der Waals surface area contributed by atoms with Gasteiger partial charge in [-0.25, -0.2) is 5.84 Å². The molecule has 0 unspecified atom stereocenters. The molecule has 2 aromatic rings. The van der Waals surface area contributed by atoms with Gasteiger partial charge in [0.1, 0.15) is 0 Å². The first-order valence-electron chi connectivity index (χ1n) is 5.45. The number of rotatable bonds is 3. The van der Waals surface area contributed by atoms with Gasteiger partial charge in [-0.1, -0.05) is 42.5 Å². The van der Waals surface area contributed by atoms with Gasteiger partial charge in [0, 0.05) is 0 Å². The molecule has 0 saturated carbocycles. The summed E-state index contributed by atoms with van der Waals surface area (Å²) in [4.78, 5) is 11.3. The number of carbonyl (C=O) groups excluding carboxylic acids is 1. The van der Waals surface area contributed by atoms with E-state index in [1.54, 1.807) is 0 Å². The molecule has 5 N–H and O–H groups in total. The van der Waals surface area contributed by atoms with Crippen molar-refractivity contribution in [2.75, 3.05) is 0 Å². The third-order valence-corrected chi connectivity index (χ3v) is 2.80. The fraction of sp³-hybridized carbons (Fsp3) is 0.154. The average Bonchev–Trinajstić information content (AvgIpc) is 2.38. The predicted molar refractivity (Wildman–Crippen MR) is 68.0 cm³/mol. The Kier molecular flexibility index (Phi) is 3.37. The molecular formula is C13H15N3O. The van der Waals surface area contributed by atoms with Gasteiger partial charge in [0.05, 0.1) is 6.04 Å². The van der Waals surface area contributed by atoms with Crippen LogP contribution in [0.5, 0.6) is 0 Å². The van der Waals surface area contributed by atoms with Gasteiger partial charge < -0.3 is 5.73 Å². The number of nitrogens with one attached hydrogen (secondary N) is 1. The Hall–Kier alpha value is -1.91. The van der Waals surface area contributed by atoms with Crippen LogP contribution >= 0.6 is 0 Å². The van der Waals surface area contributed by atoms with Gasteiger partial charge in [-0.3, -0.25) is 10.2 Å². The van der Waals surface area contributed by atoms with Crippen LogP contribution in [-0.4, -0.2) is 11.9 Å². The van der Waals surface area contributed by atoms with Crippen LogP contribution in [0.15, 0.2) is 42.5 Å². The van der Waals surface area contributed by atoms with E-state index in [4.69, 9.17) is 11.6 Å². The SMILES string of the molecule is NNC(=O)[C@@H](N)Cc1cccc2ccccc12. The molecule has 0 saturated heterocycles. The van der Waals surface area contributed by atoms with Crippen LogP contribution in [-0.2, 0) is 11.2 Å². The zero-order valence-electron chi connectivity index (χ0n) is 9.39. The van der Waals surface area contributed by atoms with Crippen molar-refractivity contribution < 1.29 is 4.79 Å². The number of hydrogen-bond acceptors (Lipinski definition) is 3. The van der Waals surface area contributed by atoms with Crippen molar-refractivity contribution >= 4 is 16.7 Å². The molecule has 4 heteroatoms. The lowest BCUT2D eigenvalue weighted by Gasteiger charge is -2.11. The number of hydrogen-bond donors (Lipinski definition) is 3. The topological polar surface area (TPSA) is 81.1 Å². The summed E-state index contributed by atoms with van der Waals surface area (Å²) >= 11 is 0. The highest BCUT2D eigenvalue weighted by Crippen LogP contribution is 2.19. The molecule has 0 aromatic heterocycles. The first-order valence-corrected chi connectivity index (χ1v) is 5.45. The van der Waals surface area contributed by atoms with E-state index in [9.17, 15) is 4.79 Å². The van der Waals surface area contributed by atoms with Crippen LogP contribution in [0.25, 0.3) is 10.8 Å². The van der Waals surface area contributed by atoms with E-state index in [1.807, 2.05) is 42.5 Å². The van der Waals surface area contributed by atoms with Crippen molar-refractivity contribution in [2.24, 2.45) is 11.6 Å². The minimum atomic E-state index is -0.620. The monoisotopic (exact) mass is 229 g/mol. The molecular weight excluding hydrogens is 214 g/mol. The lowest BCUT2D eigenvalue weighted by Crippen LogP contribution is -2.45. The summed E-state index contributed by atoms with van der Waals surface area (Å²) in [5.74, 6) is 4.71. The molecule has 0 bridgehead atoms. The summed E-state index contributed by atoms with van der Waals surface area (Å²) in [5.41, 5.74) is 8.88. The smallest absolute Gasteiger partial charge is 0.251 e. The lowest BCUT2D eigenvalue weighted by molar-refractivity contribution is -0.122. The van der Waals surface area contributed by atoms with E-state index in [1.165, 1.54) is 0 Å². The molecule has 1 amide bonds. The first kappa shape index (κ1) is 11.6. The quantitative estimate of drug-likeness (QED) is 0.411. The third kappa shape index (κ3) is 2.43. The van der Waals surface area contributed by atoms with Gasteiger partial charge in [-0.15, -0.1) is 0 Å². The Bertz CT molecular complexity index is 534. The Labute approximate surface area is 99.6 Å². The van der Waals surface area contributed by atoms with Crippen molar-refractivity contribution in [1.82, 2.24) is 5.43 Å². The maximum absolute atomic E-state index is 11.3. The molecule has 88 valence electrons. The number of hydrazine groups is 1. The highest BCUT2D eigenvalue weighted by molar-refractivity contribution is 5.87. The largest absolute Gasteiger partial charge is 0.320 e. The maximum Gasteiger partial charge on any atom is 0.251 e. The number of amides is 1. The summed E-state index contributed by atoms with van der Waals surface area (Å²) in [5, 5.41) is 2.26. The molecule has 1 atom stereocenters. The molecule has 0 aliphatic carbocycles. The zero-order valence-corrected chi connectivity index (χ0v) is 9.39. The Balaban J connectivity index is 2.33. The minimum absolute atomic E-state index is 0.349. The van der Waals surface area contributed by atoms with E-state index in [0.29, 0.717) is 6.42 Å². The van der Waals surface area contributed by atoms with Crippen LogP contribution in [0.3, 0.4) is 0 Å². The van der Waals surface area contributed by atoms with Crippen molar-refractivity contribution in [2.45, 2.75) is 12.5 Å². The standard InChI is InChI=1S/C13H15N3O/c14-12(13(17)16-15)8-10-6-3-5-9-4-1-2-7-11(9)10/h1-7,12H,8,14-15H2,(H,16,17)/t12-/m0/s1. The number of benzene rings is 2. The summed E-state index contributed by atoms with van der Waals surface area (Å²) in [7, 11) is 0. The maximum atomic E-state index is 11.3. The minimum Gasteiger partial charge on any atom is -0.320 e. The zero-order chi connectivity index (χ0) is 12.3. The molecule has 0 heterocycles. The van der Waals surface area contributed by atoms with E-state index < -0.39 is 6.04 Å². The van der Waals surface area contributed by atoms with Crippen molar-refractivity contribution in [3.63, 3.8) is 0 Å². The Morgan fingerprint density at radius 3 is 2.65 bits per heavy atom. The lowest BCUT2D eigenvalue weighted by atomic mass is 9.99. The van der Waals surface area contributed by atoms with Crippen LogP contribution in [0.2, 0.25) is 0 Å². The van der Waals surface area contributed by atoms with Crippen molar-refractivity contribution in [1.29, 1.82) is 0 Å². The third-order valence-electron chi connectivity index (χ3n) is 2.80. The van der Waals surface area contributed by atoms with Gasteiger partial charge in [-0.05, 0) is 22.8 Å². The van der Waals surface area contributed by atoms with Gasteiger partial charge in [-0.2, -0.15) is 0 Å². The van der Waals surface area contributed by atoms with Gasteiger partial charge >= 0.3 is 0 Å². The van der Waals surface area contributed by atoms with E-state index in [2.05, 4.69) is 5.43 Å². The fourth-order valence-electron chi connectivity index (χ4n) is 1.91. The van der Waals surface area contributed by atoms with Crippen molar-refractivity contribution in [3.8, 4) is 0 Å². The molecule has 0 fully saturated rings. The number of fused-ring (bicyclic) bond motifs is 1. The van der Waals surface area contributed by atoms with E-state index >= 15 is 0 Å². The second kappa shape index (κ2) is 4.95. The first-order chi connectivity index (χ1) is 8.22. The van der Waals surface area contributed by atoms with Gasteiger partial charge in [0.25, 0.3) is 5.91 Å². The molecule has 2 rings (SSSR count). The summed E-state index contributed by atoms with van der Waals surface area (Å²) < 4.78 is 0. The Morgan fingerprint density at radius 1 is 1.18 bits per heavy atom. The fourth-order valence-corrected chi connectivity index (χ4v) is 1.91. The van der Waals surface area contributed by atoms with E-state index in [-0.39, 0.29) is 5.91 Å². The highest BCUT2D eigenvalue weighted by Gasteiger charge is 2.13. The molecule has 17 heavy (non-hydrogen) atoms. The van der Waals surface area contributed by atoms with Crippen LogP contribution in [0.4, 0.5) is 0 Å². The van der Waals surface area contributed by atoms with Crippen LogP contribution in [0, 0.1) is 0 Å². The second-order valence-electron chi connectivity index (χ2n) is 3.96. The summed E-state index contributed by atoms with van der Waals surface area (Å²) in [6.45, 7) is 0. The van der Waals surface area contributed by atoms with E-state index in [0.717, 1.165) is 16.3 Å². The number of nitrogens with two attached hydrogens (primary N) is 2. The van der Waals surface area contributed by atoms with Crippen molar-refractivity contribution in [3.05, 3.63) is 48.0 Å².